The summed E-state index contributed by atoms with van der Waals surface area (Å²) in [5, 5.41) is 8.59. The molecule has 0 spiro atoms. The number of aromatic nitrogens is 1. The lowest BCUT2D eigenvalue weighted by atomic mass is 9.83. The Balaban J connectivity index is 1.48. The van der Waals surface area contributed by atoms with Gasteiger partial charge in [-0.3, -0.25) is 4.79 Å². The number of anilines is 1. The number of halogens is 1. The Kier molecular flexibility index (Phi) is 4.60. The third-order valence-corrected chi connectivity index (χ3v) is 6.18. The fraction of sp³-hybridized carbons (Fsp3) is 0.421. The molecule has 4 rings (SSSR count). The van der Waals surface area contributed by atoms with Crippen LogP contribution in [0, 0.1) is 22.4 Å². The number of thiophene rings is 1. The van der Waals surface area contributed by atoms with Gasteiger partial charge in [0.15, 0.2) is 5.13 Å². The average Bonchev–Trinajstić information content (AvgIpc) is 3.13. The summed E-state index contributed by atoms with van der Waals surface area (Å²) in [6.07, 6.45) is 4.53. The molecule has 0 radical (unpaired) electrons. The van der Waals surface area contributed by atoms with E-state index in [1.54, 1.807) is 18.3 Å². The van der Waals surface area contributed by atoms with Crippen molar-refractivity contribution in [3.05, 3.63) is 46.0 Å². The molecule has 2 aromatic rings. The summed E-state index contributed by atoms with van der Waals surface area (Å²) in [6.45, 7) is 2.42. The van der Waals surface area contributed by atoms with Crippen LogP contribution in [0.25, 0.3) is 0 Å². The molecule has 26 heavy (non-hydrogen) atoms. The molecule has 4 heterocycles. The number of carbonyl (C=O) groups is 1. The molecule has 0 N–H and O–H groups in total. The fourth-order valence-corrected chi connectivity index (χ4v) is 4.76. The molecule has 0 bridgehead atoms. The van der Waals surface area contributed by atoms with Gasteiger partial charge in [0.2, 0.25) is 0 Å². The third-order valence-electron chi connectivity index (χ3n) is 5.31. The van der Waals surface area contributed by atoms with E-state index in [0.29, 0.717) is 16.4 Å². The topological polar surface area (TPSA) is 60.2 Å². The van der Waals surface area contributed by atoms with E-state index in [9.17, 15) is 9.18 Å². The van der Waals surface area contributed by atoms with E-state index in [1.807, 2.05) is 11.0 Å². The molecule has 7 heteroatoms. The van der Waals surface area contributed by atoms with E-state index in [4.69, 9.17) is 5.26 Å². The predicted octanol–water partition coefficient (Wildman–Crippen LogP) is 3.28. The highest BCUT2D eigenvalue weighted by molar-refractivity contribution is 7.12. The van der Waals surface area contributed by atoms with Gasteiger partial charge in [-0.15, -0.1) is 11.3 Å². The minimum Gasteiger partial charge on any atom is -0.356 e. The number of nitriles is 1. The number of piperidine rings is 2. The molecule has 0 saturated carbocycles. The monoisotopic (exact) mass is 370 g/mol. The maximum absolute atomic E-state index is 13.3. The van der Waals surface area contributed by atoms with Crippen molar-refractivity contribution < 1.29 is 9.18 Å². The highest BCUT2D eigenvalue weighted by Crippen LogP contribution is 2.33. The van der Waals surface area contributed by atoms with Crippen molar-refractivity contribution in [2.75, 3.05) is 24.5 Å². The molecule has 2 saturated heterocycles. The number of carbonyl (C=O) groups excluding carboxylic acids is 1. The van der Waals surface area contributed by atoms with Crippen LogP contribution < -0.4 is 4.90 Å². The first-order valence-electron chi connectivity index (χ1n) is 8.83. The van der Waals surface area contributed by atoms with Crippen LogP contribution in [0.3, 0.4) is 0 Å². The maximum atomic E-state index is 13.3. The molecular weight excluding hydrogens is 351 g/mol. The molecule has 0 aliphatic carbocycles. The van der Waals surface area contributed by atoms with Crippen molar-refractivity contribution in [3.63, 3.8) is 0 Å². The summed E-state index contributed by atoms with van der Waals surface area (Å²) in [6, 6.07) is 8.91. The van der Waals surface area contributed by atoms with E-state index in [2.05, 4.69) is 16.0 Å². The van der Waals surface area contributed by atoms with Crippen LogP contribution in [0.15, 0.2) is 30.5 Å². The molecule has 2 aliphatic rings. The van der Waals surface area contributed by atoms with Gasteiger partial charge in [0.05, 0.1) is 10.4 Å². The van der Waals surface area contributed by atoms with E-state index in [-0.39, 0.29) is 17.1 Å². The number of hydrogen-bond acceptors (Lipinski definition) is 5. The minimum atomic E-state index is -0.316. The molecular formula is C19H19FN4OS. The summed E-state index contributed by atoms with van der Waals surface area (Å²) in [5.74, 6) is 1.23. The van der Waals surface area contributed by atoms with E-state index < -0.39 is 0 Å². The van der Waals surface area contributed by atoms with E-state index in [0.717, 1.165) is 56.1 Å². The molecule has 2 unspecified atom stereocenters. The number of pyridine rings is 1. The Morgan fingerprint density at radius 1 is 1.27 bits per heavy atom. The van der Waals surface area contributed by atoms with Gasteiger partial charge in [-0.25, -0.2) is 4.98 Å². The van der Waals surface area contributed by atoms with Crippen molar-refractivity contribution in [1.29, 1.82) is 5.26 Å². The Morgan fingerprint density at radius 2 is 2.15 bits per heavy atom. The second-order valence-corrected chi connectivity index (χ2v) is 7.86. The highest BCUT2D eigenvalue weighted by atomic mass is 32.1. The summed E-state index contributed by atoms with van der Waals surface area (Å²) in [5.41, 5.74) is 0.557. The van der Waals surface area contributed by atoms with Crippen molar-refractivity contribution >= 4 is 23.1 Å². The van der Waals surface area contributed by atoms with Crippen LogP contribution >= 0.6 is 11.3 Å². The van der Waals surface area contributed by atoms with E-state index in [1.165, 1.54) is 6.07 Å². The standard InChI is InChI=1S/C19H19FN4OS/c20-17-5-4-16(26-17)19(25)24-8-1-2-14-12-23(9-7-15(14)24)18-6-3-13(10-21)11-22-18/h3-6,11,14-15H,1-2,7-9,12H2. The molecule has 2 atom stereocenters. The number of rotatable bonds is 2. The minimum absolute atomic E-state index is 0.0430. The zero-order chi connectivity index (χ0) is 18.1. The van der Waals surface area contributed by atoms with Gasteiger partial charge in [0.1, 0.15) is 11.9 Å². The number of nitrogens with zero attached hydrogens (tertiary/aromatic N) is 4. The first-order valence-corrected chi connectivity index (χ1v) is 9.65. The Bertz CT molecular complexity index is 844. The van der Waals surface area contributed by atoms with Crippen LogP contribution in [-0.4, -0.2) is 41.5 Å². The van der Waals surface area contributed by atoms with Crippen LogP contribution in [0.5, 0.6) is 0 Å². The first-order chi connectivity index (χ1) is 12.7. The predicted molar refractivity (Wildman–Crippen MR) is 97.6 cm³/mol. The number of likely N-dealkylation sites (tertiary alicyclic amines) is 1. The van der Waals surface area contributed by atoms with Crippen molar-refractivity contribution in [3.8, 4) is 6.07 Å². The van der Waals surface area contributed by atoms with Gasteiger partial charge < -0.3 is 9.80 Å². The van der Waals surface area contributed by atoms with Crippen LogP contribution in [0.1, 0.15) is 34.5 Å². The Morgan fingerprint density at radius 3 is 2.85 bits per heavy atom. The van der Waals surface area contributed by atoms with Gasteiger partial charge >= 0.3 is 0 Å². The molecule has 2 aliphatic heterocycles. The van der Waals surface area contributed by atoms with Crippen molar-refractivity contribution in [2.24, 2.45) is 5.92 Å². The number of fused-ring (bicyclic) bond motifs is 1. The zero-order valence-corrected chi connectivity index (χ0v) is 15.1. The van der Waals surface area contributed by atoms with Gasteiger partial charge in [0, 0.05) is 31.9 Å². The van der Waals surface area contributed by atoms with Crippen molar-refractivity contribution in [1.82, 2.24) is 9.88 Å². The summed E-state index contributed by atoms with van der Waals surface area (Å²) < 4.78 is 13.3. The lowest BCUT2D eigenvalue weighted by Gasteiger charge is -2.47. The number of amides is 1. The Labute approximate surface area is 155 Å². The SMILES string of the molecule is N#Cc1ccc(N2CCC3C(CCCN3C(=O)c3ccc(F)s3)C2)nc1. The summed E-state index contributed by atoms with van der Waals surface area (Å²) in [7, 11) is 0. The largest absolute Gasteiger partial charge is 0.356 e. The first kappa shape index (κ1) is 17.0. The lowest BCUT2D eigenvalue weighted by Crippen LogP contribution is -2.55. The lowest BCUT2D eigenvalue weighted by molar-refractivity contribution is 0.0453. The van der Waals surface area contributed by atoms with Crippen LogP contribution in [-0.2, 0) is 0 Å². The second-order valence-electron chi connectivity index (χ2n) is 6.82. The fourth-order valence-electron chi connectivity index (χ4n) is 4.07. The third kappa shape index (κ3) is 3.17. The molecule has 2 aromatic heterocycles. The Hall–Kier alpha value is -2.46. The van der Waals surface area contributed by atoms with E-state index >= 15 is 0 Å². The van der Waals surface area contributed by atoms with Gasteiger partial charge in [0.25, 0.3) is 5.91 Å². The summed E-state index contributed by atoms with van der Waals surface area (Å²) >= 11 is 0.925. The van der Waals surface area contributed by atoms with Crippen LogP contribution in [0.4, 0.5) is 10.2 Å². The smallest absolute Gasteiger partial charge is 0.264 e. The molecule has 1 amide bonds. The van der Waals surface area contributed by atoms with Crippen molar-refractivity contribution in [2.45, 2.75) is 25.3 Å². The quantitative estimate of drug-likeness (QED) is 0.814. The average molecular weight is 370 g/mol. The zero-order valence-electron chi connectivity index (χ0n) is 14.3. The van der Waals surface area contributed by atoms with Gasteiger partial charge in [-0.2, -0.15) is 9.65 Å². The normalized spacial score (nSPS) is 22.6. The second kappa shape index (κ2) is 7.04. The van der Waals surface area contributed by atoms with Crippen LogP contribution in [0.2, 0.25) is 0 Å². The van der Waals surface area contributed by atoms with Gasteiger partial charge in [-0.1, -0.05) is 0 Å². The maximum Gasteiger partial charge on any atom is 0.264 e. The molecule has 2 fully saturated rings. The highest BCUT2D eigenvalue weighted by Gasteiger charge is 2.39. The number of hydrogen-bond donors (Lipinski definition) is 0. The molecule has 5 nitrogen and oxygen atoms in total. The van der Waals surface area contributed by atoms with Gasteiger partial charge in [-0.05, 0) is 49.4 Å². The molecule has 134 valence electrons. The molecule has 0 aromatic carbocycles. The summed E-state index contributed by atoms with van der Waals surface area (Å²) in [4.78, 5) is 21.9.